The fraction of sp³-hybridized carbons (Fsp3) is 0.357. The van der Waals surface area contributed by atoms with Crippen LogP contribution in [0.15, 0.2) is 42.5 Å². The van der Waals surface area contributed by atoms with Crippen LogP contribution >= 0.6 is 0 Å². The van der Waals surface area contributed by atoms with Crippen LogP contribution in [0, 0.1) is 0 Å². The van der Waals surface area contributed by atoms with Gasteiger partial charge in [0.05, 0.1) is 26.3 Å². The van der Waals surface area contributed by atoms with Crippen molar-refractivity contribution < 1.29 is 9.53 Å². The van der Waals surface area contributed by atoms with Crippen LogP contribution in [-0.2, 0) is 9.53 Å². The van der Waals surface area contributed by atoms with Crippen LogP contribution in [0.4, 0.5) is 5.69 Å². The molecule has 1 aromatic carbocycles. The second-order valence-corrected chi connectivity index (χ2v) is 4.50. The van der Waals surface area contributed by atoms with Crippen molar-refractivity contribution in [1.82, 2.24) is 4.48 Å². The highest BCUT2D eigenvalue weighted by Gasteiger charge is 2.23. The maximum Gasteiger partial charge on any atom is 0.339 e. The van der Waals surface area contributed by atoms with Gasteiger partial charge in [-0.25, -0.2) is 4.79 Å². The van der Waals surface area contributed by atoms with E-state index in [1.165, 1.54) is 0 Å². The maximum absolute atomic E-state index is 11.5. The molecule has 17 heavy (non-hydrogen) atoms. The van der Waals surface area contributed by atoms with Crippen LogP contribution in [0.3, 0.4) is 0 Å². The molecule has 1 rings (SSSR count). The molecule has 0 aromatic heterocycles. The fourth-order valence-corrected chi connectivity index (χ4v) is 1.70. The lowest BCUT2D eigenvalue weighted by Crippen LogP contribution is -2.43. The topological polar surface area (TPSA) is 26.3 Å². The summed E-state index contributed by atoms with van der Waals surface area (Å²) >= 11 is 0. The molecular weight excluding hydrogens is 214 g/mol. The van der Waals surface area contributed by atoms with Crippen molar-refractivity contribution in [3.63, 3.8) is 0 Å². The predicted molar refractivity (Wildman–Crippen MR) is 70.7 cm³/mol. The van der Waals surface area contributed by atoms with Crippen molar-refractivity contribution >= 4 is 11.7 Å². The maximum atomic E-state index is 11.5. The van der Waals surface area contributed by atoms with Gasteiger partial charge in [-0.05, 0) is 19.1 Å². The molecule has 0 unspecified atom stereocenters. The summed E-state index contributed by atoms with van der Waals surface area (Å²) in [6, 6.07) is 10.0. The molecule has 0 atom stereocenters. The standard InChI is InChI=1S/C14H20NO2/c1-5-17-14(16)12(2)11-15(3,4)13-9-7-6-8-10-13/h6-10H,2,5,11H2,1,3-4H3/q+1. The van der Waals surface area contributed by atoms with Gasteiger partial charge in [0, 0.05) is 0 Å². The van der Waals surface area contributed by atoms with Gasteiger partial charge in [0.25, 0.3) is 0 Å². The van der Waals surface area contributed by atoms with Crippen molar-refractivity contribution in [1.29, 1.82) is 0 Å². The molecule has 0 aliphatic rings. The number of nitrogens with zero attached hydrogens (tertiary/aromatic N) is 1. The van der Waals surface area contributed by atoms with Crippen LogP contribution in [0.2, 0.25) is 0 Å². The van der Waals surface area contributed by atoms with Crippen molar-refractivity contribution in [2.45, 2.75) is 6.92 Å². The van der Waals surface area contributed by atoms with E-state index in [4.69, 9.17) is 4.74 Å². The van der Waals surface area contributed by atoms with Crippen molar-refractivity contribution in [2.75, 3.05) is 27.2 Å². The molecule has 0 spiro atoms. The van der Waals surface area contributed by atoms with Crippen LogP contribution < -0.4 is 4.48 Å². The molecule has 1 aromatic rings. The number of para-hydroxylation sites is 1. The number of hydrogen-bond acceptors (Lipinski definition) is 2. The van der Waals surface area contributed by atoms with Gasteiger partial charge in [-0.2, -0.15) is 0 Å². The highest BCUT2D eigenvalue weighted by atomic mass is 16.5. The molecule has 0 saturated heterocycles. The zero-order chi connectivity index (χ0) is 12.9. The molecule has 0 aliphatic carbocycles. The van der Waals surface area contributed by atoms with Crippen molar-refractivity contribution in [2.24, 2.45) is 0 Å². The van der Waals surface area contributed by atoms with E-state index >= 15 is 0 Å². The number of quaternary nitrogens is 1. The Morgan fingerprint density at radius 3 is 2.41 bits per heavy atom. The average molecular weight is 234 g/mol. The Balaban J connectivity index is 2.73. The summed E-state index contributed by atoms with van der Waals surface area (Å²) in [4.78, 5) is 11.5. The molecule has 3 nitrogen and oxygen atoms in total. The van der Waals surface area contributed by atoms with Crippen molar-refractivity contribution in [3.05, 3.63) is 42.5 Å². The molecule has 0 aliphatic heterocycles. The molecule has 3 heteroatoms. The lowest BCUT2D eigenvalue weighted by atomic mass is 10.2. The van der Waals surface area contributed by atoms with E-state index in [-0.39, 0.29) is 5.97 Å². The average Bonchev–Trinajstić information content (AvgIpc) is 2.30. The summed E-state index contributed by atoms with van der Waals surface area (Å²) < 4.78 is 5.52. The number of esters is 1. The second-order valence-electron chi connectivity index (χ2n) is 4.50. The quantitative estimate of drug-likeness (QED) is 0.444. The lowest BCUT2D eigenvalue weighted by Gasteiger charge is -2.29. The molecule has 0 bridgehead atoms. The van der Waals surface area contributed by atoms with Gasteiger partial charge in [-0.1, -0.05) is 24.8 Å². The number of carbonyl (C=O) groups excluding carboxylic acids is 1. The van der Waals surface area contributed by atoms with Crippen LogP contribution in [0.1, 0.15) is 6.92 Å². The Hall–Kier alpha value is -1.61. The Labute approximate surface area is 103 Å². The van der Waals surface area contributed by atoms with Gasteiger partial charge in [-0.3, -0.25) is 4.48 Å². The summed E-state index contributed by atoms with van der Waals surface area (Å²) in [5, 5.41) is 0. The Kier molecular flexibility index (Phi) is 4.46. The summed E-state index contributed by atoms with van der Waals surface area (Å²) in [5.74, 6) is -0.311. The van der Waals surface area contributed by atoms with E-state index in [1.54, 1.807) is 6.92 Å². The van der Waals surface area contributed by atoms with E-state index in [0.29, 0.717) is 23.2 Å². The summed E-state index contributed by atoms with van der Waals surface area (Å²) in [6.07, 6.45) is 0. The summed E-state index contributed by atoms with van der Waals surface area (Å²) in [5.41, 5.74) is 1.64. The van der Waals surface area contributed by atoms with Crippen LogP contribution in [0.25, 0.3) is 0 Å². The van der Waals surface area contributed by atoms with Gasteiger partial charge in [-0.15, -0.1) is 0 Å². The van der Waals surface area contributed by atoms with Gasteiger partial charge in [0.1, 0.15) is 12.2 Å². The number of rotatable bonds is 5. The number of benzene rings is 1. The largest absolute Gasteiger partial charge is 0.462 e. The van der Waals surface area contributed by atoms with Gasteiger partial charge in [0.15, 0.2) is 0 Å². The van der Waals surface area contributed by atoms with E-state index < -0.39 is 0 Å². The molecule has 0 amide bonds. The Morgan fingerprint density at radius 2 is 1.88 bits per heavy atom. The first-order chi connectivity index (χ1) is 7.97. The molecule has 0 N–H and O–H groups in total. The number of likely N-dealkylation sites (N-methyl/N-ethyl adjacent to an activating group) is 1. The first-order valence-electron chi connectivity index (χ1n) is 5.71. The SMILES string of the molecule is C=C(C[N+](C)(C)c1ccccc1)C(=O)OCC. The fourth-order valence-electron chi connectivity index (χ4n) is 1.70. The highest BCUT2D eigenvalue weighted by Crippen LogP contribution is 2.19. The second kappa shape index (κ2) is 5.64. The molecule has 0 radical (unpaired) electrons. The Morgan fingerprint density at radius 1 is 1.29 bits per heavy atom. The third kappa shape index (κ3) is 3.71. The summed E-state index contributed by atoms with van der Waals surface area (Å²) in [7, 11) is 4.08. The van der Waals surface area contributed by atoms with Crippen LogP contribution in [0.5, 0.6) is 0 Å². The number of hydrogen-bond donors (Lipinski definition) is 0. The summed E-state index contributed by atoms with van der Waals surface area (Å²) in [6.45, 7) is 6.52. The molecule has 92 valence electrons. The van der Waals surface area contributed by atoms with Gasteiger partial charge < -0.3 is 4.74 Å². The molecular formula is C14H20NO2+. The highest BCUT2D eigenvalue weighted by molar-refractivity contribution is 5.88. The molecule has 0 saturated carbocycles. The van der Waals surface area contributed by atoms with E-state index in [2.05, 4.69) is 6.58 Å². The lowest BCUT2D eigenvalue weighted by molar-refractivity contribution is -0.138. The van der Waals surface area contributed by atoms with Crippen molar-refractivity contribution in [3.8, 4) is 0 Å². The van der Waals surface area contributed by atoms with E-state index in [9.17, 15) is 4.79 Å². The third-order valence-electron chi connectivity index (χ3n) is 2.61. The third-order valence-corrected chi connectivity index (χ3v) is 2.61. The zero-order valence-electron chi connectivity index (χ0n) is 10.8. The predicted octanol–water partition coefficient (Wildman–Crippen LogP) is 2.37. The number of carbonyl (C=O) groups is 1. The van der Waals surface area contributed by atoms with E-state index in [1.807, 2.05) is 44.4 Å². The minimum absolute atomic E-state index is 0.311. The normalized spacial score (nSPS) is 11.0. The number of ether oxygens (including phenoxy) is 1. The first kappa shape index (κ1) is 13.5. The molecule has 0 heterocycles. The van der Waals surface area contributed by atoms with E-state index in [0.717, 1.165) is 5.69 Å². The van der Waals surface area contributed by atoms with Crippen LogP contribution in [-0.4, -0.2) is 33.2 Å². The zero-order valence-corrected chi connectivity index (χ0v) is 10.8. The monoisotopic (exact) mass is 234 g/mol. The van der Waals surface area contributed by atoms with Gasteiger partial charge >= 0.3 is 5.97 Å². The minimum Gasteiger partial charge on any atom is -0.462 e. The smallest absolute Gasteiger partial charge is 0.339 e. The van der Waals surface area contributed by atoms with Gasteiger partial charge in [0.2, 0.25) is 0 Å². The molecule has 0 fully saturated rings. The first-order valence-corrected chi connectivity index (χ1v) is 5.71. The minimum atomic E-state index is -0.311. The Bertz CT molecular complexity index is 396.